The molecule has 1 aliphatic rings. The molecule has 0 aliphatic carbocycles. The second-order valence-electron chi connectivity index (χ2n) is 8.89. The number of aromatic nitrogens is 2. The molecule has 4 rings (SSSR count). The van der Waals surface area contributed by atoms with Crippen LogP contribution in [-0.4, -0.2) is 65.2 Å². The lowest BCUT2D eigenvalue weighted by atomic mass is 10.0. The number of benzene rings is 2. The van der Waals surface area contributed by atoms with Crippen LogP contribution < -0.4 is 11.1 Å². The average molecular weight is 508 g/mol. The van der Waals surface area contributed by atoms with Crippen LogP contribution in [0.15, 0.2) is 73.2 Å². The van der Waals surface area contributed by atoms with Crippen molar-refractivity contribution in [2.24, 2.45) is 5.73 Å². The van der Waals surface area contributed by atoms with Gasteiger partial charge < -0.3 is 25.3 Å². The van der Waals surface area contributed by atoms with Crippen molar-refractivity contribution in [1.82, 2.24) is 14.5 Å². The number of ether oxygens (including phenoxy) is 1. The van der Waals surface area contributed by atoms with E-state index in [9.17, 15) is 9.59 Å². The van der Waals surface area contributed by atoms with Crippen molar-refractivity contribution in [3.63, 3.8) is 0 Å². The maximum Gasteiger partial charge on any atom is 0.250 e. The molecule has 1 fully saturated rings. The number of nitrogens with one attached hydrogen (secondary N) is 1. The van der Waals surface area contributed by atoms with E-state index >= 15 is 0 Å². The summed E-state index contributed by atoms with van der Waals surface area (Å²) in [5.74, 6) is -0.190. The van der Waals surface area contributed by atoms with Gasteiger partial charge in [0.2, 0.25) is 5.91 Å². The summed E-state index contributed by atoms with van der Waals surface area (Å²) in [4.78, 5) is 42.4. The van der Waals surface area contributed by atoms with Crippen LogP contribution >= 0.6 is 0 Å². The van der Waals surface area contributed by atoms with Gasteiger partial charge in [0.05, 0.1) is 32.7 Å². The van der Waals surface area contributed by atoms with E-state index < -0.39 is 18.0 Å². The van der Waals surface area contributed by atoms with E-state index in [1.165, 1.54) is 7.11 Å². The predicted octanol–water partition coefficient (Wildman–Crippen LogP) is 2.52. The third-order valence-electron chi connectivity index (χ3n) is 6.28. The van der Waals surface area contributed by atoms with Gasteiger partial charge in [0.1, 0.15) is 18.7 Å². The Morgan fingerprint density at radius 2 is 1.86 bits per heavy atom. The summed E-state index contributed by atoms with van der Waals surface area (Å²) in [6.45, 7) is 1.37. The van der Waals surface area contributed by atoms with Gasteiger partial charge in [0.15, 0.2) is 5.82 Å². The first-order valence-electron chi connectivity index (χ1n) is 12.3. The number of carbonyl (C=O) groups excluding carboxylic acids is 2. The molecule has 10 heteroatoms. The maximum absolute atomic E-state index is 13.8. The smallest absolute Gasteiger partial charge is 0.250 e. The van der Waals surface area contributed by atoms with Crippen molar-refractivity contribution in [1.29, 1.82) is 0 Å². The minimum absolute atomic E-state index is 0.0620. The van der Waals surface area contributed by atoms with Crippen molar-refractivity contribution in [3.05, 3.63) is 84.3 Å². The Labute approximate surface area is 216 Å². The predicted molar refractivity (Wildman–Crippen MR) is 137 cm³/mol. The molecule has 2 amide bonds. The lowest BCUT2D eigenvalue weighted by Crippen LogP contribution is -2.42. The lowest BCUT2D eigenvalue weighted by molar-refractivity contribution is -0.278. The van der Waals surface area contributed by atoms with Crippen molar-refractivity contribution < 1.29 is 24.1 Å². The van der Waals surface area contributed by atoms with Gasteiger partial charge in [-0.3, -0.25) is 9.59 Å². The molecule has 1 aromatic heterocycles. The molecule has 3 atom stereocenters. The van der Waals surface area contributed by atoms with Gasteiger partial charge in [-0.15, -0.1) is 0 Å². The molecule has 2 aromatic carbocycles. The largest absolute Gasteiger partial charge is 0.375 e. The van der Waals surface area contributed by atoms with Crippen molar-refractivity contribution in [2.45, 2.75) is 37.6 Å². The second kappa shape index (κ2) is 13.1. The van der Waals surface area contributed by atoms with Crippen molar-refractivity contribution in [2.75, 3.05) is 32.2 Å². The molecule has 3 N–H and O–H groups in total. The quantitative estimate of drug-likeness (QED) is 0.285. The number of amides is 2. The summed E-state index contributed by atoms with van der Waals surface area (Å²) in [5, 5.41) is 2.72. The number of imidazole rings is 1. The molecule has 0 saturated carbocycles. The Balaban J connectivity index is 1.42. The zero-order valence-electron chi connectivity index (χ0n) is 20.9. The summed E-state index contributed by atoms with van der Waals surface area (Å²) in [6, 6.07) is 17.5. The molecule has 3 aromatic rings. The third kappa shape index (κ3) is 7.01. The van der Waals surface area contributed by atoms with E-state index in [-0.39, 0.29) is 18.6 Å². The number of anilines is 1. The number of nitrogens with two attached hydrogens (primary N) is 1. The molecule has 196 valence electrons. The molecule has 2 heterocycles. The average Bonchev–Trinajstić information content (AvgIpc) is 3.58. The van der Waals surface area contributed by atoms with Gasteiger partial charge in [-0.2, -0.15) is 0 Å². The van der Waals surface area contributed by atoms with E-state index in [1.807, 2.05) is 65.6 Å². The fraction of sp³-hybridized carbons (Fsp3) is 0.370. The van der Waals surface area contributed by atoms with Gasteiger partial charge in [0.25, 0.3) is 5.91 Å². The van der Waals surface area contributed by atoms with E-state index in [0.717, 1.165) is 24.0 Å². The minimum Gasteiger partial charge on any atom is -0.375 e. The fourth-order valence-corrected chi connectivity index (χ4v) is 4.40. The summed E-state index contributed by atoms with van der Waals surface area (Å²) in [6.07, 6.45) is 4.91. The molecule has 0 radical (unpaired) electrons. The molecule has 1 aliphatic heterocycles. The van der Waals surface area contributed by atoms with Crippen LogP contribution in [0.3, 0.4) is 0 Å². The lowest BCUT2D eigenvalue weighted by Gasteiger charge is -2.29. The fourth-order valence-electron chi connectivity index (χ4n) is 4.40. The van der Waals surface area contributed by atoms with Gasteiger partial charge in [0, 0.05) is 12.7 Å². The highest BCUT2D eigenvalue weighted by Gasteiger charge is 2.35. The SMILES string of the molecule is COOCC1CCCN1C(=O)C(c1ccccc1)n1cnc(NC(=O)[C@H](N)COCc2ccccc2)c1. The first-order chi connectivity index (χ1) is 18.1. The van der Waals surface area contributed by atoms with Gasteiger partial charge >= 0.3 is 0 Å². The number of likely N-dealkylation sites (tertiary alicyclic amines) is 1. The highest BCUT2D eigenvalue weighted by molar-refractivity contribution is 5.94. The monoisotopic (exact) mass is 507 g/mol. The number of hydrogen-bond acceptors (Lipinski definition) is 7. The Morgan fingerprint density at radius 1 is 1.14 bits per heavy atom. The molecule has 37 heavy (non-hydrogen) atoms. The second-order valence-corrected chi connectivity index (χ2v) is 8.89. The summed E-state index contributed by atoms with van der Waals surface area (Å²) in [5.41, 5.74) is 7.83. The molecule has 2 unspecified atom stereocenters. The van der Waals surface area contributed by atoms with Crippen LogP contribution in [0.1, 0.15) is 30.0 Å². The Hall–Kier alpha value is -3.57. The number of hydrogen-bond donors (Lipinski definition) is 2. The van der Waals surface area contributed by atoms with Crippen LogP contribution in [0, 0.1) is 0 Å². The number of carbonyl (C=O) groups is 2. The van der Waals surface area contributed by atoms with Crippen LogP contribution in [0.4, 0.5) is 5.82 Å². The topological polar surface area (TPSA) is 121 Å². The molecule has 0 bridgehead atoms. The number of rotatable bonds is 12. The Morgan fingerprint density at radius 3 is 2.59 bits per heavy atom. The normalized spacial score (nSPS) is 16.9. The van der Waals surface area contributed by atoms with Crippen LogP contribution in [0.2, 0.25) is 0 Å². The summed E-state index contributed by atoms with van der Waals surface area (Å²) in [7, 11) is 1.45. The first-order valence-corrected chi connectivity index (χ1v) is 12.3. The van der Waals surface area contributed by atoms with Crippen molar-refractivity contribution >= 4 is 17.6 Å². The van der Waals surface area contributed by atoms with Gasteiger partial charge in [-0.05, 0) is 24.0 Å². The third-order valence-corrected chi connectivity index (χ3v) is 6.28. The highest BCUT2D eigenvalue weighted by atomic mass is 17.2. The molecular formula is C27H33N5O5. The zero-order chi connectivity index (χ0) is 26.0. The molecule has 0 spiro atoms. The van der Waals surface area contributed by atoms with Crippen LogP contribution in [-0.2, 0) is 30.7 Å². The van der Waals surface area contributed by atoms with Crippen LogP contribution in [0.25, 0.3) is 0 Å². The molecular weight excluding hydrogens is 474 g/mol. The maximum atomic E-state index is 13.8. The van der Waals surface area contributed by atoms with E-state index in [0.29, 0.717) is 25.6 Å². The highest BCUT2D eigenvalue weighted by Crippen LogP contribution is 2.27. The van der Waals surface area contributed by atoms with E-state index in [1.54, 1.807) is 17.1 Å². The first kappa shape index (κ1) is 26.5. The minimum atomic E-state index is -0.869. The van der Waals surface area contributed by atoms with Gasteiger partial charge in [-0.25, -0.2) is 14.8 Å². The van der Waals surface area contributed by atoms with E-state index in [4.69, 9.17) is 20.2 Å². The summed E-state index contributed by atoms with van der Waals surface area (Å²) >= 11 is 0. The Bertz CT molecular complexity index is 1140. The number of nitrogens with zero attached hydrogens (tertiary/aromatic N) is 3. The summed E-state index contributed by atoms with van der Waals surface area (Å²) < 4.78 is 7.29. The van der Waals surface area contributed by atoms with E-state index in [2.05, 4.69) is 10.3 Å². The zero-order valence-corrected chi connectivity index (χ0v) is 20.9. The van der Waals surface area contributed by atoms with Gasteiger partial charge in [-0.1, -0.05) is 60.7 Å². The van der Waals surface area contributed by atoms with Crippen LogP contribution in [0.5, 0.6) is 0 Å². The van der Waals surface area contributed by atoms with Crippen molar-refractivity contribution in [3.8, 4) is 0 Å². The molecule has 1 saturated heterocycles. The molecule has 10 nitrogen and oxygen atoms in total. The Kier molecular flexibility index (Phi) is 9.39. The standard InChI is InChI=1S/C27H33N5O5/c1-35-37-17-22-13-8-14-32(22)27(34)25(21-11-6-3-7-12-21)31-15-24(29-19-31)30-26(33)23(28)18-36-16-20-9-4-2-5-10-20/h2-7,9-12,15,19,22-23,25H,8,13-14,16-18,28H2,1H3,(H,30,33)/t22?,23-,25?/m1/s1.